The van der Waals surface area contributed by atoms with Crippen LogP contribution in [0.2, 0.25) is 0 Å². The summed E-state index contributed by atoms with van der Waals surface area (Å²) < 4.78 is 30.5. The van der Waals surface area contributed by atoms with E-state index in [1.165, 1.54) is 11.1 Å². The van der Waals surface area contributed by atoms with Crippen LogP contribution >= 0.6 is 0 Å². The zero-order valence-electron chi connectivity index (χ0n) is 18.3. The lowest BCUT2D eigenvalue weighted by Crippen LogP contribution is -2.06. The van der Waals surface area contributed by atoms with Crippen LogP contribution in [0, 0.1) is 6.92 Å². The van der Waals surface area contributed by atoms with Crippen molar-refractivity contribution in [2.24, 2.45) is 0 Å². The normalized spacial score (nSPS) is 11.4. The zero-order valence-corrected chi connectivity index (χ0v) is 19.1. The van der Waals surface area contributed by atoms with Crippen LogP contribution in [0.5, 0.6) is 5.75 Å². The highest BCUT2D eigenvalue weighted by Crippen LogP contribution is 2.22. The molecule has 0 radical (unpaired) electrons. The molecule has 0 unspecified atom stereocenters. The first-order valence-corrected chi connectivity index (χ1v) is 12.8. The third kappa shape index (κ3) is 7.55. The summed E-state index contributed by atoms with van der Waals surface area (Å²) in [7, 11) is -3.15. The largest absolute Gasteiger partial charge is 0.494 e. The highest BCUT2D eigenvalue weighted by atomic mass is 32.2. The van der Waals surface area contributed by atoms with Crippen LogP contribution in [-0.2, 0) is 9.84 Å². The van der Waals surface area contributed by atoms with E-state index in [9.17, 15) is 8.42 Å². The minimum atomic E-state index is -3.15. The molecule has 0 spiro atoms. The highest BCUT2D eigenvalue weighted by molar-refractivity contribution is 7.91. The van der Waals surface area contributed by atoms with Gasteiger partial charge in [-0.15, -0.1) is 0 Å². The molecule has 164 valence electrons. The number of ether oxygens (including phenoxy) is 1. The maximum absolute atomic E-state index is 12.3. The lowest BCUT2D eigenvalue weighted by molar-refractivity contribution is 0.304. The summed E-state index contributed by atoms with van der Waals surface area (Å²) in [5, 5.41) is 0. The number of unbranched alkanes of at least 4 members (excludes halogenated alkanes) is 5. The number of rotatable bonds is 12. The molecule has 0 aromatic heterocycles. The number of benzene rings is 3. The molecule has 3 rings (SSSR count). The Morgan fingerprint density at radius 2 is 1.23 bits per heavy atom. The fraction of sp³-hybridized carbons (Fsp3) is 0.333. The van der Waals surface area contributed by atoms with Gasteiger partial charge in [0, 0.05) is 0 Å². The SMILES string of the molecule is Cc1ccc(S(=O)(=O)CCCCCCCCOc2ccc(-c3ccccc3)cc2)cc1. The van der Waals surface area contributed by atoms with Gasteiger partial charge < -0.3 is 4.74 Å². The predicted octanol–water partition coefficient (Wildman–Crippen LogP) is 6.86. The summed E-state index contributed by atoms with van der Waals surface area (Å²) >= 11 is 0. The average Bonchev–Trinajstić information content (AvgIpc) is 2.79. The number of hydrogen-bond donors (Lipinski definition) is 0. The first kappa shape index (κ1) is 23.1. The summed E-state index contributed by atoms with van der Waals surface area (Å²) in [6, 6.07) is 25.7. The van der Waals surface area contributed by atoms with Gasteiger partial charge in [-0.05, 0) is 55.2 Å². The van der Waals surface area contributed by atoms with Gasteiger partial charge in [-0.3, -0.25) is 0 Å². The Morgan fingerprint density at radius 1 is 0.645 bits per heavy atom. The molecule has 4 heteroatoms. The Labute approximate surface area is 187 Å². The first-order chi connectivity index (χ1) is 15.0. The van der Waals surface area contributed by atoms with Gasteiger partial charge >= 0.3 is 0 Å². The van der Waals surface area contributed by atoms with Crippen molar-refractivity contribution in [2.45, 2.75) is 50.3 Å². The van der Waals surface area contributed by atoms with Crippen LogP contribution in [0.4, 0.5) is 0 Å². The van der Waals surface area contributed by atoms with Gasteiger partial charge in [0.25, 0.3) is 0 Å². The van der Waals surface area contributed by atoms with Crippen LogP contribution in [0.15, 0.2) is 83.8 Å². The van der Waals surface area contributed by atoms with E-state index in [-0.39, 0.29) is 5.75 Å². The molecule has 0 heterocycles. The monoisotopic (exact) mass is 436 g/mol. The third-order valence-electron chi connectivity index (χ3n) is 5.42. The molecule has 3 aromatic rings. The summed E-state index contributed by atoms with van der Waals surface area (Å²) in [5.41, 5.74) is 3.48. The van der Waals surface area contributed by atoms with Gasteiger partial charge in [-0.1, -0.05) is 85.8 Å². The van der Waals surface area contributed by atoms with Crippen LogP contribution in [-0.4, -0.2) is 20.8 Å². The fourth-order valence-corrected chi connectivity index (χ4v) is 4.90. The average molecular weight is 437 g/mol. The van der Waals surface area contributed by atoms with E-state index in [1.54, 1.807) is 12.1 Å². The molecular formula is C27H32O3S. The van der Waals surface area contributed by atoms with Gasteiger partial charge in [-0.25, -0.2) is 8.42 Å². The second kappa shape index (κ2) is 11.7. The Balaban J connectivity index is 1.25. The molecule has 0 N–H and O–H groups in total. The van der Waals surface area contributed by atoms with Gasteiger partial charge in [0.2, 0.25) is 0 Å². The van der Waals surface area contributed by atoms with Crippen molar-refractivity contribution < 1.29 is 13.2 Å². The minimum absolute atomic E-state index is 0.234. The number of sulfone groups is 1. The number of hydrogen-bond acceptors (Lipinski definition) is 3. The van der Waals surface area contributed by atoms with Crippen molar-refractivity contribution in [3.8, 4) is 16.9 Å². The van der Waals surface area contributed by atoms with Crippen molar-refractivity contribution in [3.05, 3.63) is 84.4 Å². The lowest BCUT2D eigenvalue weighted by atomic mass is 10.1. The highest BCUT2D eigenvalue weighted by Gasteiger charge is 2.13. The summed E-state index contributed by atoms with van der Waals surface area (Å²) in [4.78, 5) is 0.437. The first-order valence-electron chi connectivity index (χ1n) is 11.1. The molecule has 0 amide bonds. The van der Waals surface area contributed by atoms with E-state index >= 15 is 0 Å². The van der Waals surface area contributed by atoms with E-state index in [0.29, 0.717) is 11.5 Å². The predicted molar refractivity (Wildman–Crippen MR) is 128 cm³/mol. The maximum atomic E-state index is 12.3. The molecule has 31 heavy (non-hydrogen) atoms. The van der Waals surface area contributed by atoms with Crippen molar-refractivity contribution >= 4 is 9.84 Å². The van der Waals surface area contributed by atoms with E-state index in [4.69, 9.17) is 4.74 Å². The summed E-state index contributed by atoms with van der Waals surface area (Å²) in [5.74, 6) is 1.14. The second-order valence-corrected chi connectivity index (χ2v) is 10.1. The Morgan fingerprint density at radius 3 is 1.90 bits per heavy atom. The quantitative estimate of drug-likeness (QED) is 0.291. The molecule has 3 nitrogen and oxygen atoms in total. The van der Waals surface area contributed by atoms with Crippen molar-refractivity contribution in [1.82, 2.24) is 0 Å². The molecule has 0 aliphatic rings. The second-order valence-electron chi connectivity index (χ2n) is 7.99. The lowest BCUT2D eigenvalue weighted by Gasteiger charge is -2.08. The van der Waals surface area contributed by atoms with E-state index in [0.717, 1.165) is 49.8 Å². The Hall–Kier alpha value is -2.59. The van der Waals surface area contributed by atoms with Gasteiger partial charge in [0.15, 0.2) is 9.84 Å². The molecule has 0 atom stereocenters. The minimum Gasteiger partial charge on any atom is -0.494 e. The number of aryl methyl sites for hydroxylation is 1. The summed E-state index contributed by atoms with van der Waals surface area (Å²) in [6.07, 6.45) is 5.97. The van der Waals surface area contributed by atoms with Crippen molar-refractivity contribution in [2.75, 3.05) is 12.4 Å². The molecular weight excluding hydrogens is 404 g/mol. The van der Waals surface area contributed by atoms with Crippen LogP contribution in [0.1, 0.15) is 44.1 Å². The van der Waals surface area contributed by atoms with Crippen LogP contribution in [0.25, 0.3) is 11.1 Å². The van der Waals surface area contributed by atoms with Gasteiger partial charge in [0.1, 0.15) is 5.75 Å². The van der Waals surface area contributed by atoms with Gasteiger partial charge in [-0.2, -0.15) is 0 Å². The smallest absolute Gasteiger partial charge is 0.178 e. The molecule has 0 fully saturated rings. The van der Waals surface area contributed by atoms with E-state index < -0.39 is 9.84 Å². The van der Waals surface area contributed by atoms with Gasteiger partial charge in [0.05, 0.1) is 17.3 Å². The van der Waals surface area contributed by atoms with Crippen LogP contribution in [0.3, 0.4) is 0 Å². The maximum Gasteiger partial charge on any atom is 0.178 e. The molecule has 3 aromatic carbocycles. The Bertz CT molecular complexity index is 1010. The van der Waals surface area contributed by atoms with E-state index in [1.807, 2.05) is 49.4 Å². The molecule has 0 saturated carbocycles. The van der Waals surface area contributed by atoms with Crippen molar-refractivity contribution in [1.29, 1.82) is 0 Å². The molecule has 0 saturated heterocycles. The summed E-state index contributed by atoms with van der Waals surface area (Å²) in [6.45, 7) is 2.68. The Kier molecular flexibility index (Phi) is 8.72. The fourth-order valence-electron chi connectivity index (χ4n) is 3.53. The molecule has 0 aliphatic heterocycles. The van der Waals surface area contributed by atoms with Crippen molar-refractivity contribution in [3.63, 3.8) is 0 Å². The molecule has 0 aliphatic carbocycles. The third-order valence-corrected chi connectivity index (χ3v) is 7.23. The zero-order chi connectivity index (χ0) is 21.9. The van der Waals surface area contributed by atoms with Crippen LogP contribution < -0.4 is 4.74 Å². The van der Waals surface area contributed by atoms with E-state index in [2.05, 4.69) is 24.3 Å². The molecule has 0 bridgehead atoms. The topological polar surface area (TPSA) is 43.4 Å². The standard InChI is InChI=1S/C27H32O3S/c1-23-13-19-27(20-14-23)31(28,29)22-10-5-3-2-4-9-21-30-26-17-15-25(16-18-26)24-11-7-6-8-12-24/h6-8,11-20H,2-5,9-10,21-22H2,1H3.